The lowest BCUT2D eigenvalue weighted by Crippen LogP contribution is -2.39. The topological polar surface area (TPSA) is 45.7 Å². The molecule has 0 spiro atoms. The molecule has 2 rings (SSSR count). The fraction of sp³-hybridized carbons (Fsp3) is 0.588. The molecule has 130 valence electrons. The molecule has 0 atom stereocenters. The summed E-state index contributed by atoms with van der Waals surface area (Å²) < 4.78 is 19.1. The number of ether oxygens (including phenoxy) is 1. The van der Waals surface area contributed by atoms with Gasteiger partial charge in [-0.25, -0.2) is 4.39 Å². The maximum absolute atomic E-state index is 13.5. The third-order valence-electron chi connectivity index (χ3n) is 3.68. The Morgan fingerprint density at radius 1 is 1.26 bits per heavy atom. The van der Waals surface area contributed by atoms with Gasteiger partial charge in [-0.15, -0.1) is 24.0 Å². The van der Waals surface area contributed by atoms with E-state index in [0.29, 0.717) is 13.0 Å². The van der Waals surface area contributed by atoms with Gasteiger partial charge in [-0.2, -0.15) is 0 Å². The predicted octanol–water partition coefficient (Wildman–Crippen LogP) is 2.97. The summed E-state index contributed by atoms with van der Waals surface area (Å²) in [6.07, 6.45) is 4.26. The highest BCUT2D eigenvalue weighted by Crippen LogP contribution is 2.28. The van der Waals surface area contributed by atoms with E-state index in [1.54, 1.807) is 13.1 Å². The Labute approximate surface area is 155 Å². The molecule has 1 saturated carbocycles. The number of guanidine groups is 1. The average Bonchev–Trinajstić information content (AvgIpc) is 3.35. The quantitative estimate of drug-likeness (QED) is 0.272. The van der Waals surface area contributed by atoms with Crippen molar-refractivity contribution in [3.05, 3.63) is 35.6 Å². The van der Waals surface area contributed by atoms with E-state index >= 15 is 0 Å². The largest absolute Gasteiger partial charge is 0.381 e. The minimum absolute atomic E-state index is 0. The van der Waals surface area contributed by atoms with Crippen molar-refractivity contribution in [3.8, 4) is 0 Å². The van der Waals surface area contributed by atoms with E-state index < -0.39 is 0 Å². The molecule has 0 unspecified atom stereocenters. The molecule has 2 N–H and O–H groups in total. The lowest BCUT2D eigenvalue weighted by atomic mass is 10.1. The number of nitrogens with one attached hydrogen (secondary N) is 2. The summed E-state index contributed by atoms with van der Waals surface area (Å²) in [6, 6.07) is 6.86. The van der Waals surface area contributed by atoms with Crippen molar-refractivity contribution in [2.75, 3.05) is 33.4 Å². The number of hydrogen-bond acceptors (Lipinski definition) is 2. The van der Waals surface area contributed by atoms with Gasteiger partial charge in [0, 0.05) is 33.4 Å². The molecule has 1 aromatic carbocycles. The molecule has 4 nitrogen and oxygen atoms in total. The third-order valence-corrected chi connectivity index (χ3v) is 3.68. The number of nitrogens with zero attached hydrogens (tertiary/aromatic N) is 1. The first-order chi connectivity index (χ1) is 10.8. The number of benzene rings is 1. The minimum Gasteiger partial charge on any atom is -0.381 e. The van der Waals surface area contributed by atoms with E-state index in [1.165, 1.54) is 18.9 Å². The van der Waals surface area contributed by atoms with Crippen LogP contribution in [-0.4, -0.2) is 39.3 Å². The van der Waals surface area contributed by atoms with Crippen LogP contribution in [0.5, 0.6) is 0 Å². The van der Waals surface area contributed by atoms with Gasteiger partial charge in [0.2, 0.25) is 0 Å². The van der Waals surface area contributed by atoms with Gasteiger partial charge in [0.15, 0.2) is 5.96 Å². The first-order valence-electron chi connectivity index (χ1n) is 8.05. The van der Waals surface area contributed by atoms with Crippen LogP contribution in [0.3, 0.4) is 0 Å². The zero-order valence-corrected chi connectivity index (χ0v) is 16.0. The van der Waals surface area contributed by atoms with E-state index in [-0.39, 0.29) is 29.8 Å². The summed E-state index contributed by atoms with van der Waals surface area (Å²) >= 11 is 0. The molecule has 0 aromatic heterocycles. The normalized spacial score (nSPS) is 14.3. The Bertz CT molecular complexity index is 481. The SMILES string of the molecule is CN=C(NCCCOCC1CC1)NCCc1ccccc1F.I. The number of hydrogen-bond donors (Lipinski definition) is 2. The Balaban J connectivity index is 0.00000264. The van der Waals surface area contributed by atoms with Crippen molar-refractivity contribution < 1.29 is 9.13 Å². The fourth-order valence-corrected chi connectivity index (χ4v) is 2.15. The average molecular weight is 435 g/mol. The molecule has 1 fully saturated rings. The molecular weight excluding hydrogens is 408 g/mol. The van der Waals surface area contributed by atoms with E-state index in [9.17, 15) is 4.39 Å². The Hall–Kier alpha value is -0.890. The van der Waals surface area contributed by atoms with Gasteiger partial charge in [-0.1, -0.05) is 18.2 Å². The van der Waals surface area contributed by atoms with E-state index in [1.807, 2.05) is 12.1 Å². The number of aliphatic imine (C=N–C) groups is 1. The molecule has 0 heterocycles. The van der Waals surface area contributed by atoms with Gasteiger partial charge in [0.05, 0.1) is 0 Å². The highest BCUT2D eigenvalue weighted by atomic mass is 127. The Morgan fingerprint density at radius 3 is 2.70 bits per heavy atom. The van der Waals surface area contributed by atoms with Crippen molar-refractivity contribution >= 4 is 29.9 Å². The van der Waals surface area contributed by atoms with Crippen molar-refractivity contribution in [1.29, 1.82) is 0 Å². The van der Waals surface area contributed by atoms with Gasteiger partial charge in [-0.3, -0.25) is 4.99 Å². The monoisotopic (exact) mass is 435 g/mol. The molecule has 0 aliphatic heterocycles. The smallest absolute Gasteiger partial charge is 0.190 e. The lowest BCUT2D eigenvalue weighted by Gasteiger charge is -2.12. The highest BCUT2D eigenvalue weighted by Gasteiger charge is 2.20. The van der Waals surface area contributed by atoms with Crippen LogP contribution in [0, 0.1) is 11.7 Å². The zero-order valence-electron chi connectivity index (χ0n) is 13.7. The summed E-state index contributed by atoms with van der Waals surface area (Å²) in [6.45, 7) is 3.17. The van der Waals surface area contributed by atoms with E-state index in [0.717, 1.165) is 43.6 Å². The Morgan fingerprint density at radius 2 is 2.00 bits per heavy atom. The second-order valence-corrected chi connectivity index (χ2v) is 5.64. The molecule has 6 heteroatoms. The van der Waals surface area contributed by atoms with Crippen LogP contribution < -0.4 is 10.6 Å². The molecule has 23 heavy (non-hydrogen) atoms. The Kier molecular flexibility index (Phi) is 10.2. The summed E-state index contributed by atoms with van der Waals surface area (Å²) in [4.78, 5) is 4.16. The van der Waals surface area contributed by atoms with Crippen LogP contribution in [0.15, 0.2) is 29.3 Å². The number of rotatable bonds is 9. The molecule has 1 aliphatic carbocycles. The van der Waals surface area contributed by atoms with Crippen molar-refractivity contribution in [2.45, 2.75) is 25.7 Å². The van der Waals surface area contributed by atoms with Gasteiger partial charge in [-0.05, 0) is 43.2 Å². The maximum atomic E-state index is 13.5. The first kappa shape index (κ1) is 20.2. The molecule has 0 radical (unpaired) electrons. The van der Waals surface area contributed by atoms with Crippen LogP contribution in [0.25, 0.3) is 0 Å². The van der Waals surface area contributed by atoms with Crippen molar-refractivity contribution in [1.82, 2.24) is 10.6 Å². The van der Waals surface area contributed by atoms with Crippen molar-refractivity contribution in [3.63, 3.8) is 0 Å². The van der Waals surface area contributed by atoms with Crippen LogP contribution >= 0.6 is 24.0 Å². The minimum atomic E-state index is -0.153. The van der Waals surface area contributed by atoms with Crippen molar-refractivity contribution in [2.24, 2.45) is 10.9 Å². The lowest BCUT2D eigenvalue weighted by molar-refractivity contribution is 0.123. The fourth-order valence-electron chi connectivity index (χ4n) is 2.15. The maximum Gasteiger partial charge on any atom is 0.190 e. The summed E-state index contributed by atoms with van der Waals surface area (Å²) in [7, 11) is 1.74. The van der Waals surface area contributed by atoms with Gasteiger partial charge in [0.1, 0.15) is 5.82 Å². The van der Waals surface area contributed by atoms with Gasteiger partial charge >= 0.3 is 0 Å². The summed E-state index contributed by atoms with van der Waals surface area (Å²) in [5.74, 6) is 1.42. The molecule has 0 amide bonds. The number of halogens is 2. The summed E-state index contributed by atoms with van der Waals surface area (Å²) in [5.41, 5.74) is 0.721. The standard InChI is InChI=1S/C17H26FN3O.HI/c1-19-17(20-10-4-12-22-13-14-7-8-14)21-11-9-15-5-2-3-6-16(15)18;/h2-3,5-6,14H,4,7-13H2,1H3,(H2,19,20,21);1H. The second kappa shape index (κ2) is 11.6. The zero-order chi connectivity index (χ0) is 15.6. The summed E-state index contributed by atoms with van der Waals surface area (Å²) in [5, 5.41) is 6.43. The molecule has 0 saturated heterocycles. The first-order valence-corrected chi connectivity index (χ1v) is 8.05. The van der Waals surface area contributed by atoms with E-state index in [2.05, 4.69) is 15.6 Å². The molecule has 1 aromatic rings. The molecule has 1 aliphatic rings. The van der Waals surface area contributed by atoms with E-state index in [4.69, 9.17) is 4.74 Å². The van der Waals surface area contributed by atoms with Crippen LogP contribution in [0.1, 0.15) is 24.8 Å². The third kappa shape index (κ3) is 8.50. The van der Waals surface area contributed by atoms with Gasteiger partial charge < -0.3 is 15.4 Å². The van der Waals surface area contributed by atoms with Crippen LogP contribution in [-0.2, 0) is 11.2 Å². The predicted molar refractivity (Wildman–Crippen MR) is 103 cm³/mol. The van der Waals surface area contributed by atoms with Crippen LogP contribution in [0.4, 0.5) is 4.39 Å². The van der Waals surface area contributed by atoms with Crippen LogP contribution in [0.2, 0.25) is 0 Å². The molecular formula is C17H27FIN3O. The second-order valence-electron chi connectivity index (χ2n) is 5.64. The highest BCUT2D eigenvalue weighted by molar-refractivity contribution is 14.0. The molecule has 0 bridgehead atoms. The van der Waals surface area contributed by atoms with Gasteiger partial charge in [0.25, 0.3) is 0 Å².